The van der Waals surface area contributed by atoms with Gasteiger partial charge in [-0.05, 0) is 42.3 Å². The number of hydrogen-bond acceptors (Lipinski definition) is 5. The van der Waals surface area contributed by atoms with Crippen LogP contribution in [0.15, 0.2) is 55.1 Å². The van der Waals surface area contributed by atoms with E-state index in [1.54, 1.807) is 41.3 Å². The lowest BCUT2D eigenvalue weighted by Crippen LogP contribution is -2.10. The summed E-state index contributed by atoms with van der Waals surface area (Å²) in [4.78, 5) is 11.7. The Hall–Kier alpha value is -3.49. The molecule has 0 saturated heterocycles. The highest BCUT2D eigenvalue weighted by atomic mass is 19.4. The SMILES string of the molecule is Cc1cc(Nc2nccc(C(F)(F)F)n2)cc(-c2cnn3cccnc23)c1. The van der Waals surface area contributed by atoms with Crippen LogP contribution in [0, 0.1) is 6.92 Å². The predicted molar refractivity (Wildman–Crippen MR) is 93.5 cm³/mol. The molecule has 0 aliphatic rings. The predicted octanol–water partition coefficient (Wildman–Crippen LogP) is 4.26. The minimum Gasteiger partial charge on any atom is -0.324 e. The van der Waals surface area contributed by atoms with Crippen molar-refractivity contribution in [1.29, 1.82) is 0 Å². The number of aromatic nitrogens is 5. The summed E-state index contributed by atoms with van der Waals surface area (Å²) in [6, 6.07) is 8.15. The Morgan fingerprint density at radius 3 is 2.74 bits per heavy atom. The Kier molecular flexibility index (Phi) is 3.98. The highest BCUT2D eigenvalue weighted by molar-refractivity contribution is 5.80. The van der Waals surface area contributed by atoms with Crippen molar-refractivity contribution >= 4 is 17.3 Å². The van der Waals surface area contributed by atoms with Crippen LogP contribution in [0.25, 0.3) is 16.8 Å². The second-order valence-electron chi connectivity index (χ2n) is 5.92. The van der Waals surface area contributed by atoms with Crippen LogP contribution in [0.4, 0.5) is 24.8 Å². The van der Waals surface area contributed by atoms with Crippen molar-refractivity contribution in [2.75, 3.05) is 5.32 Å². The lowest BCUT2D eigenvalue weighted by Gasteiger charge is -2.10. The summed E-state index contributed by atoms with van der Waals surface area (Å²) >= 11 is 0. The van der Waals surface area contributed by atoms with Gasteiger partial charge in [-0.25, -0.2) is 19.5 Å². The molecule has 4 aromatic rings. The first-order valence-electron chi connectivity index (χ1n) is 7.98. The van der Waals surface area contributed by atoms with Crippen LogP contribution in [0.3, 0.4) is 0 Å². The van der Waals surface area contributed by atoms with Crippen LogP contribution in [-0.4, -0.2) is 24.6 Å². The van der Waals surface area contributed by atoms with E-state index >= 15 is 0 Å². The molecule has 0 aliphatic heterocycles. The molecule has 0 amide bonds. The zero-order chi connectivity index (χ0) is 19.0. The van der Waals surface area contributed by atoms with Gasteiger partial charge in [0.05, 0.1) is 6.20 Å². The van der Waals surface area contributed by atoms with E-state index in [1.165, 1.54) is 0 Å². The number of hydrogen-bond donors (Lipinski definition) is 1. The Morgan fingerprint density at radius 2 is 1.93 bits per heavy atom. The van der Waals surface area contributed by atoms with Crippen molar-refractivity contribution < 1.29 is 13.2 Å². The van der Waals surface area contributed by atoms with Gasteiger partial charge in [-0.1, -0.05) is 6.07 Å². The monoisotopic (exact) mass is 370 g/mol. The van der Waals surface area contributed by atoms with Gasteiger partial charge >= 0.3 is 6.18 Å². The molecule has 6 nitrogen and oxygen atoms in total. The molecule has 3 heterocycles. The fourth-order valence-corrected chi connectivity index (χ4v) is 2.75. The lowest BCUT2D eigenvalue weighted by atomic mass is 10.1. The quantitative estimate of drug-likeness (QED) is 0.584. The standard InChI is InChI=1S/C18H13F3N6/c1-11-7-12(14-10-24-27-6-2-4-22-16(14)27)9-13(8-11)25-17-23-5-3-15(26-17)18(19,20)21/h2-10H,1H3,(H,23,25,26). The summed E-state index contributed by atoms with van der Waals surface area (Å²) in [5, 5.41) is 7.10. The molecule has 9 heteroatoms. The minimum absolute atomic E-state index is 0.126. The molecular weight excluding hydrogens is 357 g/mol. The Labute approximate surface area is 151 Å². The molecule has 0 radical (unpaired) electrons. The third-order valence-corrected chi connectivity index (χ3v) is 3.87. The molecule has 1 N–H and O–H groups in total. The van der Waals surface area contributed by atoms with Crippen molar-refractivity contribution in [3.8, 4) is 11.1 Å². The number of aryl methyl sites for hydroxylation is 1. The average Bonchev–Trinajstić information content (AvgIpc) is 3.05. The van der Waals surface area contributed by atoms with E-state index < -0.39 is 11.9 Å². The van der Waals surface area contributed by atoms with Crippen molar-refractivity contribution in [2.45, 2.75) is 13.1 Å². The van der Waals surface area contributed by atoms with E-state index in [1.807, 2.05) is 13.0 Å². The largest absolute Gasteiger partial charge is 0.433 e. The molecule has 27 heavy (non-hydrogen) atoms. The molecule has 0 fully saturated rings. The van der Waals surface area contributed by atoms with Crippen LogP contribution >= 0.6 is 0 Å². The zero-order valence-electron chi connectivity index (χ0n) is 14.1. The molecule has 1 aromatic carbocycles. The van der Waals surface area contributed by atoms with Crippen LogP contribution < -0.4 is 5.32 Å². The molecule has 0 aliphatic carbocycles. The molecule has 136 valence electrons. The third kappa shape index (κ3) is 3.43. The van der Waals surface area contributed by atoms with E-state index in [2.05, 4.69) is 25.4 Å². The van der Waals surface area contributed by atoms with Crippen LogP contribution in [-0.2, 0) is 6.18 Å². The van der Waals surface area contributed by atoms with Gasteiger partial charge in [0.15, 0.2) is 5.65 Å². The van der Waals surface area contributed by atoms with Gasteiger partial charge < -0.3 is 5.32 Å². The van der Waals surface area contributed by atoms with Gasteiger partial charge in [-0.3, -0.25) is 0 Å². The molecule has 0 spiro atoms. The Morgan fingerprint density at radius 1 is 1.07 bits per heavy atom. The fraction of sp³-hybridized carbons (Fsp3) is 0.111. The van der Waals surface area contributed by atoms with Gasteiger partial charge in [-0.2, -0.15) is 18.3 Å². The normalized spacial score (nSPS) is 11.7. The third-order valence-electron chi connectivity index (χ3n) is 3.87. The minimum atomic E-state index is -4.53. The molecule has 0 saturated carbocycles. The van der Waals surface area contributed by atoms with E-state index in [4.69, 9.17) is 0 Å². The van der Waals surface area contributed by atoms with Gasteiger partial charge in [0.25, 0.3) is 0 Å². The van der Waals surface area contributed by atoms with Crippen molar-refractivity contribution in [3.05, 3.63) is 66.4 Å². The number of nitrogens with zero attached hydrogens (tertiary/aromatic N) is 5. The first kappa shape index (κ1) is 17.0. The average molecular weight is 370 g/mol. The zero-order valence-corrected chi connectivity index (χ0v) is 14.1. The molecule has 3 aromatic heterocycles. The van der Waals surface area contributed by atoms with Crippen LogP contribution in [0.1, 0.15) is 11.3 Å². The van der Waals surface area contributed by atoms with E-state index in [9.17, 15) is 13.2 Å². The van der Waals surface area contributed by atoms with Crippen LogP contribution in [0.5, 0.6) is 0 Å². The summed E-state index contributed by atoms with van der Waals surface area (Å²) < 4.78 is 40.2. The number of alkyl halides is 3. The second kappa shape index (κ2) is 6.35. The van der Waals surface area contributed by atoms with E-state index in [0.29, 0.717) is 11.3 Å². The molecule has 0 unspecified atom stereocenters. The number of rotatable bonds is 3. The summed E-state index contributed by atoms with van der Waals surface area (Å²) in [5.41, 5.74) is 2.81. The van der Waals surface area contributed by atoms with Gasteiger partial charge in [0, 0.05) is 29.8 Å². The molecule has 0 bridgehead atoms. The number of benzene rings is 1. The van der Waals surface area contributed by atoms with Gasteiger partial charge in [0.1, 0.15) is 5.69 Å². The summed E-state index contributed by atoms with van der Waals surface area (Å²) in [6.07, 6.45) is 1.70. The molecular formula is C18H13F3N6. The first-order chi connectivity index (χ1) is 12.9. The maximum absolute atomic E-state index is 12.8. The van der Waals surface area contributed by atoms with Gasteiger partial charge in [0.2, 0.25) is 5.95 Å². The topological polar surface area (TPSA) is 68.0 Å². The summed E-state index contributed by atoms with van der Waals surface area (Å²) in [5.74, 6) is -0.126. The Bertz CT molecular complexity index is 1120. The van der Waals surface area contributed by atoms with E-state index in [-0.39, 0.29) is 5.95 Å². The van der Waals surface area contributed by atoms with E-state index in [0.717, 1.165) is 29.0 Å². The fourth-order valence-electron chi connectivity index (χ4n) is 2.75. The number of fused-ring (bicyclic) bond motifs is 1. The maximum Gasteiger partial charge on any atom is 0.433 e. The molecule has 4 rings (SSSR count). The lowest BCUT2D eigenvalue weighted by molar-refractivity contribution is -0.141. The number of nitrogens with one attached hydrogen (secondary N) is 1. The summed E-state index contributed by atoms with van der Waals surface area (Å²) in [6.45, 7) is 1.89. The Balaban J connectivity index is 1.71. The molecule has 0 atom stereocenters. The number of halogens is 3. The second-order valence-corrected chi connectivity index (χ2v) is 5.92. The smallest absolute Gasteiger partial charge is 0.324 e. The highest BCUT2D eigenvalue weighted by Gasteiger charge is 2.32. The van der Waals surface area contributed by atoms with Crippen molar-refractivity contribution in [3.63, 3.8) is 0 Å². The summed E-state index contributed by atoms with van der Waals surface area (Å²) in [7, 11) is 0. The van der Waals surface area contributed by atoms with Crippen molar-refractivity contribution in [2.24, 2.45) is 0 Å². The first-order valence-corrected chi connectivity index (χ1v) is 7.98. The van der Waals surface area contributed by atoms with Crippen molar-refractivity contribution in [1.82, 2.24) is 24.6 Å². The van der Waals surface area contributed by atoms with Gasteiger partial charge in [-0.15, -0.1) is 0 Å². The number of anilines is 2. The highest BCUT2D eigenvalue weighted by Crippen LogP contribution is 2.30. The van der Waals surface area contributed by atoms with Crippen LogP contribution in [0.2, 0.25) is 0 Å². The maximum atomic E-state index is 12.8.